The zero-order valence-corrected chi connectivity index (χ0v) is 14.4. The van der Waals surface area contributed by atoms with Gasteiger partial charge in [-0.2, -0.15) is 0 Å². The Balaban J connectivity index is 1.48. The molecule has 4 aromatic rings. The van der Waals surface area contributed by atoms with Crippen LogP contribution in [0.25, 0.3) is 11.0 Å². The molecular formula is C21H19N3O2. The first-order valence-corrected chi connectivity index (χ1v) is 8.45. The predicted molar refractivity (Wildman–Crippen MR) is 99.9 cm³/mol. The van der Waals surface area contributed by atoms with Gasteiger partial charge in [0.05, 0.1) is 0 Å². The number of pyridine rings is 2. The summed E-state index contributed by atoms with van der Waals surface area (Å²) in [6, 6.07) is 15.6. The Labute approximate surface area is 151 Å². The fraction of sp³-hybridized carbons (Fsp3) is 0.143. The van der Waals surface area contributed by atoms with Crippen molar-refractivity contribution in [2.75, 3.05) is 0 Å². The molecule has 0 aliphatic heterocycles. The fourth-order valence-corrected chi connectivity index (χ4v) is 2.98. The fourth-order valence-electron chi connectivity index (χ4n) is 2.98. The first-order valence-electron chi connectivity index (χ1n) is 8.45. The van der Waals surface area contributed by atoms with E-state index in [-0.39, 0.29) is 0 Å². The van der Waals surface area contributed by atoms with Crippen molar-refractivity contribution < 1.29 is 9.84 Å². The molecule has 4 rings (SSSR count). The standard InChI is InChI=1S/C21H19N3O2/c1-14-4-2-5-15(10-14)13-26-19-8-7-16(11-23-19)20(25)18-12-24-21-17(18)6-3-9-22-21/h2-12,20,25H,13H2,1H3,(H,22,24). The second-order valence-corrected chi connectivity index (χ2v) is 6.25. The van der Waals surface area contributed by atoms with Gasteiger partial charge in [-0.25, -0.2) is 9.97 Å². The Kier molecular flexibility index (Phi) is 4.37. The molecule has 0 saturated heterocycles. The Morgan fingerprint density at radius 1 is 1.12 bits per heavy atom. The van der Waals surface area contributed by atoms with E-state index in [4.69, 9.17) is 4.74 Å². The van der Waals surface area contributed by atoms with Gasteiger partial charge in [0.25, 0.3) is 0 Å². The molecule has 0 saturated carbocycles. The van der Waals surface area contributed by atoms with E-state index in [1.54, 1.807) is 24.7 Å². The monoisotopic (exact) mass is 345 g/mol. The van der Waals surface area contributed by atoms with Crippen LogP contribution in [0, 0.1) is 6.92 Å². The minimum absolute atomic E-state index is 0.463. The van der Waals surface area contributed by atoms with Gasteiger partial charge in [-0.1, -0.05) is 29.8 Å². The number of fused-ring (bicyclic) bond motifs is 1. The third-order valence-corrected chi connectivity index (χ3v) is 4.32. The largest absolute Gasteiger partial charge is 0.473 e. The summed E-state index contributed by atoms with van der Waals surface area (Å²) in [5.74, 6) is 0.531. The van der Waals surface area contributed by atoms with E-state index in [1.165, 1.54) is 5.56 Å². The third-order valence-electron chi connectivity index (χ3n) is 4.32. The summed E-state index contributed by atoms with van der Waals surface area (Å²) in [6.45, 7) is 2.52. The van der Waals surface area contributed by atoms with E-state index in [9.17, 15) is 5.11 Å². The molecule has 0 aliphatic rings. The Hall–Kier alpha value is -3.18. The summed E-state index contributed by atoms with van der Waals surface area (Å²) in [5, 5.41) is 11.6. The number of hydrogen-bond acceptors (Lipinski definition) is 4. The maximum Gasteiger partial charge on any atom is 0.213 e. The van der Waals surface area contributed by atoms with Gasteiger partial charge in [0.15, 0.2) is 0 Å². The highest BCUT2D eigenvalue weighted by Gasteiger charge is 2.16. The molecule has 5 heteroatoms. The van der Waals surface area contributed by atoms with Gasteiger partial charge >= 0.3 is 0 Å². The maximum absolute atomic E-state index is 10.7. The van der Waals surface area contributed by atoms with Crippen molar-refractivity contribution in [2.24, 2.45) is 0 Å². The molecule has 26 heavy (non-hydrogen) atoms. The van der Waals surface area contributed by atoms with E-state index in [0.29, 0.717) is 18.1 Å². The number of benzene rings is 1. The smallest absolute Gasteiger partial charge is 0.213 e. The molecule has 0 aliphatic carbocycles. The van der Waals surface area contributed by atoms with Crippen molar-refractivity contribution in [2.45, 2.75) is 19.6 Å². The predicted octanol–water partition coefficient (Wildman–Crippen LogP) is 3.93. The number of aromatic amines is 1. The highest BCUT2D eigenvalue weighted by atomic mass is 16.5. The molecule has 1 unspecified atom stereocenters. The normalized spacial score (nSPS) is 12.2. The van der Waals surface area contributed by atoms with Crippen molar-refractivity contribution in [3.8, 4) is 5.88 Å². The zero-order valence-electron chi connectivity index (χ0n) is 14.4. The van der Waals surface area contributed by atoms with Crippen LogP contribution in [-0.4, -0.2) is 20.1 Å². The quantitative estimate of drug-likeness (QED) is 0.575. The molecule has 2 N–H and O–H groups in total. The van der Waals surface area contributed by atoms with Crippen molar-refractivity contribution in [3.05, 3.63) is 89.4 Å². The SMILES string of the molecule is Cc1cccc(COc2ccc(C(O)c3c[nH]c4ncccc34)cn2)c1. The van der Waals surface area contributed by atoms with Crippen molar-refractivity contribution in [3.63, 3.8) is 0 Å². The molecular weight excluding hydrogens is 326 g/mol. The lowest BCUT2D eigenvalue weighted by Crippen LogP contribution is -2.01. The number of aliphatic hydroxyl groups is 1. The molecule has 0 spiro atoms. The van der Waals surface area contributed by atoms with Crippen molar-refractivity contribution in [1.82, 2.24) is 15.0 Å². The van der Waals surface area contributed by atoms with E-state index in [0.717, 1.165) is 22.2 Å². The van der Waals surface area contributed by atoms with Gasteiger partial charge in [-0.05, 0) is 30.7 Å². The molecule has 3 heterocycles. The number of H-pyrrole nitrogens is 1. The van der Waals surface area contributed by atoms with Crippen LogP contribution in [0.5, 0.6) is 5.88 Å². The van der Waals surface area contributed by atoms with Gasteiger partial charge in [0.1, 0.15) is 18.4 Å². The number of nitrogens with one attached hydrogen (secondary N) is 1. The minimum atomic E-state index is -0.772. The van der Waals surface area contributed by atoms with E-state index < -0.39 is 6.10 Å². The molecule has 1 atom stereocenters. The minimum Gasteiger partial charge on any atom is -0.473 e. The summed E-state index contributed by atoms with van der Waals surface area (Å²) in [5.41, 5.74) is 4.54. The average molecular weight is 345 g/mol. The van der Waals surface area contributed by atoms with Gasteiger partial charge in [0.2, 0.25) is 5.88 Å². The van der Waals surface area contributed by atoms with Crippen LogP contribution in [0.4, 0.5) is 0 Å². The molecule has 0 fully saturated rings. The summed E-state index contributed by atoms with van der Waals surface area (Å²) in [6.07, 6.45) is 4.37. The lowest BCUT2D eigenvalue weighted by atomic mass is 10.0. The van der Waals surface area contributed by atoms with Crippen molar-refractivity contribution in [1.29, 1.82) is 0 Å². The van der Waals surface area contributed by atoms with Gasteiger partial charge in [0, 0.05) is 41.2 Å². The van der Waals surface area contributed by atoms with Crippen LogP contribution in [0.1, 0.15) is 28.4 Å². The van der Waals surface area contributed by atoms with Crippen molar-refractivity contribution >= 4 is 11.0 Å². The number of ether oxygens (including phenoxy) is 1. The highest BCUT2D eigenvalue weighted by Crippen LogP contribution is 2.28. The Morgan fingerprint density at radius 2 is 2.04 bits per heavy atom. The second-order valence-electron chi connectivity index (χ2n) is 6.25. The number of aliphatic hydroxyl groups excluding tert-OH is 1. The first-order chi connectivity index (χ1) is 12.7. The molecule has 1 aromatic carbocycles. The topological polar surface area (TPSA) is 71.0 Å². The molecule has 3 aromatic heterocycles. The Morgan fingerprint density at radius 3 is 2.85 bits per heavy atom. The van der Waals surface area contributed by atoms with E-state index in [2.05, 4.69) is 34.0 Å². The number of aromatic nitrogens is 3. The van der Waals surface area contributed by atoms with Crippen LogP contribution >= 0.6 is 0 Å². The van der Waals surface area contributed by atoms with Crippen LogP contribution in [0.15, 0.2) is 67.1 Å². The summed E-state index contributed by atoms with van der Waals surface area (Å²) in [4.78, 5) is 11.6. The summed E-state index contributed by atoms with van der Waals surface area (Å²) >= 11 is 0. The summed E-state index contributed by atoms with van der Waals surface area (Å²) < 4.78 is 5.73. The third kappa shape index (κ3) is 3.30. The average Bonchev–Trinajstić information content (AvgIpc) is 3.10. The number of nitrogens with zero attached hydrogens (tertiary/aromatic N) is 2. The van der Waals surface area contributed by atoms with E-state index in [1.807, 2.05) is 30.3 Å². The molecule has 0 amide bonds. The van der Waals surface area contributed by atoms with Crippen LogP contribution in [-0.2, 0) is 6.61 Å². The lowest BCUT2D eigenvalue weighted by Gasteiger charge is -2.11. The molecule has 0 bridgehead atoms. The van der Waals surface area contributed by atoms with Gasteiger partial charge < -0.3 is 14.8 Å². The number of hydrogen-bond donors (Lipinski definition) is 2. The highest BCUT2D eigenvalue weighted by molar-refractivity contribution is 5.80. The molecule has 5 nitrogen and oxygen atoms in total. The zero-order chi connectivity index (χ0) is 17.9. The van der Waals surface area contributed by atoms with Gasteiger partial charge in [-0.15, -0.1) is 0 Å². The number of aryl methyl sites for hydroxylation is 1. The Bertz CT molecular complexity index is 1020. The van der Waals surface area contributed by atoms with Crippen LogP contribution < -0.4 is 4.74 Å². The maximum atomic E-state index is 10.7. The lowest BCUT2D eigenvalue weighted by molar-refractivity contribution is 0.221. The first kappa shape index (κ1) is 16.3. The summed E-state index contributed by atoms with van der Waals surface area (Å²) in [7, 11) is 0. The molecule has 130 valence electrons. The second kappa shape index (κ2) is 6.98. The van der Waals surface area contributed by atoms with Crippen LogP contribution in [0.2, 0.25) is 0 Å². The van der Waals surface area contributed by atoms with Crippen LogP contribution in [0.3, 0.4) is 0 Å². The number of rotatable bonds is 5. The van der Waals surface area contributed by atoms with Gasteiger partial charge in [-0.3, -0.25) is 0 Å². The molecule has 0 radical (unpaired) electrons. The van der Waals surface area contributed by atoms with E-state index >= 15 is 0 Å².